The number of alkyl carbamates (subject to hydrolysis) is 3. The molecule has 2 aromatic heterocycles. The molecule has 0 spiro atoms. The molecule has 4 aromatic rings. The highest BCUT2D eigenvalue weighted by molar-refractivity contribution is 5.84. The number of nitrogens with two attached hydrogens (primary N) is 1. The first-order chi connectivity index (χ1) is 23.3. The zero-order valence-corrected chi connectivity index (χ0v) is 29.1. The van der Waals surface area contributed by atoms with Gasteiger partial charge in [0.25, 0.3) is 0 Å². The van der Waals surface area contributed by atoms with E-state index in [1.165, 1.54) is 23.1 Å². The van der Waals surface area contributed by atoms with E-state index in [9.17, 15) is 14.4 Å². The number of rotatable bonds is 13. The topological polar surface area (TPSA) is 173 Å². The summed E-state index contributed by atoms with van der Waals surface area (Å²) in [7, 11) is 0. The Hall–Kier alpha value is -5.23. The zero-order valence-electron chi connectivity index (χ0n) is 29.1. The third kappa shape index (κ3) is 13.1. The fraction of sp³-hybridized carbons (Fsp3) is 0.378. The predicted octanol–water partition coefficient (Wildman–Crippen LogP) is 6.08. The maximum atomic E-state index is 12.2. The highest BCUT2D eigenvalue weighted by Crippen LogP contribution is 2.22. The number of H-pyrrole nitrogens is 2. The average molecular weight is 675 g/mol. The molecule has 12 heteroatoms. The number of benzene rings is 2. The monoisotopic (exact) mass is 674 g/mol. The van der Waals surface area contributed by atoms with Gasteiger partial charge in [-0.05, 0) is 82.9 Å². The molecule has 12 nitrogen and oxygen atoms in total. The molecule has 2 atom stereocenters. The molecular weight excluding hydrogens is 624 g/mol. The van der Waals surface area contributed by atoms with E-state index >= 15 is 0 Å². The Morgan fingerprint density at radius 3 is 1.78 bits per heavy atom. The molecular formula is C37H50N6O6. The molecule has 0 aliphatic heterocycles. The van der Waals surface area contributed by atoms with Gasteiger partial charge in [-0.2, -0.15) is 0 Å². The maximum absolute atomic E-state index is 12.2. The molecule has 0 radical (unpaired) electrons. The Morgan fingerprint density at radius 2 is 1.29 bits per heavy atom. The minimum absolute atomic E-state index is 0.123. The minimum Gasteiger partial charge on any atom is -0.445 e. The van der Waals surface area contributed by atoms with Crippen LogP contribution in [-0.4, -0.2) is 72.2 Å². The molecule has 264 valence electrons. The van der Waals surface area contributed by atoms with Crippen molar-refractivity contribution in [1.29, 1.82) is 0 Å². The van der Waals surface area contributed by atoms with Crippen molar-refractivity contribution in [2.75, 3.05) is 26.3 Å². The summed E-state index contributed by atoms with van der Waals surface area (Å²) in [4.78, 5) is 41.8. The molecule has 4 rings (SSSR count). The molecule has 2 heterocycles. The van der Waals surface area contributed by atoms with Gasteiger partial charge in [-0.25, -0.2) is 14.4 Å². The van der Waals surface area contributed by atoms with Crippen LogP contribution < -0.4 is 21.7 Å². The van der Waals surface area contributed by atoms with E-state index in [2.05, 4.69) is 70.3 Å². The van der Waals surface area contributed by atoms with Crippen molar-refractivity contribution >= 4 is 40.1 Å². The lowest BCUT2D eigenvalue weighted by Gasteiger charge is -2.24. The Kier molecular flexibility index (Phi) is 14.3. The minimum atomic E-state index is -0.608. The van der Waals surface area contributed by atoms with Crippen LogP contribution in [-0.2, 0) is 27.1 Å². The lowest BCUT2D eigenvalue weighted by Crippen LogP contribution is -2.46. The van der Waals surface area contributed by atoms with Crippen LogP contribution >= 0.6 is 0 Å². The first-order valence-corrected chi connectivity index (χ1v) is 16.2. The van der Waals surface area contributed by atoms with Crippen LogP contribution in [0.15, 0.2) is 74.1 Å². The van der Waals surface area contributed by atoms with E-state index in [0.717, 1.165) is 33.1 Å². The van der Waals surface area contributed by atoms with Gasteiger partial charge < -0.3 is 45.9 Å². The van der Waals surface area contributed by atoms with E-state index in [1.54, 1.807) is 20.8 Å². The summed E-state index contributed by atoms with van der Waals surface area (Å²) in [5, 5.41) is 10.4. The highest BCUT2D eigenvalue weighted by atomic mass is 16.6. The van der Waals surface area contributed by atoms with E-state index in [-0.39, 0.29) is 31.8 Å². The molecule has 3 amide bonds. The number of hydrogen-bond donors (Lipinski definition) is 6. The second-order valence-corrected chi connectivity index (χ2v) is 12.8. The summed E-state index contributed by atoms with van der Waals surface area (Å²) in [6, 6.07) is 11.9. The molecule has 0 fully saturated rings. The van der Waals surface area contributed by atoms with E-state index in [4.69, 9.17) is 19.9 Å². The van der Waals surface area contributed by atoms with Gasteiger partial charge in [0.05, 0.1) is 6.04 Å². The zero-order chi connectivity index (χ0) is 36.0. The summed E-state index contributed by atoms with van der Waals surface area (Å²) < 4.78 is 15.1. The maximum Gasteiger partial charge on any atom is 0.407 e. The largest absolute Gasteiger partial charge is 0.445 e. The van der Waals surface area contributed by atoms with Crippen LogP contribution in [0, 0.1) is 13.8 Å². The Labute approximate surface area is 287 Å². The first-order valence-electron chi connectivity index (χ1n) is 16.2. The summed E-state index contributed by atoms with van der Waals surface area (Å²) in [6.45, 7) is 17.4. The van der Waals surface area contributed by atoms with Crippen LogP contribution in [0.4, 0.5) is 14.4 Å². The van der Waals surface area contributed by atoms with E-state index < -0.39 is 23.9 Å². The summed E-state index contributed by atoms with van der Waals surface area (Å²) in [5.74, 6) is 0. The van der Waals surface area contributed by atoms with Crippen molar-refractivity contribution in [2.24, 2.45) is 5.73 Å². The highest BCUT2D eigenvalue weighted by Gasteiger charge is 2.21. The third-order valence-electron chi connectivity index (χ3n) is 7.18. The molecule has 0 aliphatic rings. The van der Waals surface area contributed by atoms with Crippen LogP contribution in [0.1, 0.15) is 43.0 Å². The van der Waals surface area contributed by atoms with E-state index in [0.29, 0.717) is 19.4 Å². The molecule has 0 bridgehead atoms. The summed E-state index contributed by atoms with van der Waals surface area (Å²) >= 11 is 0. The van der Waals surface area contributed by atoms with Crippen LogP contribution in [0.25, 0.3) is 21.8 Å². The van der Waals surface area contributed by atoms with Gasteiger partial charge in [-0.15, -0.1) is 0 Å². The van der Waals surface area contributed by atoms with Crippen molar-refractivity contribution < 1.29 is 28.6 Å². The smallest absolute Gasteiger partial charge is 0.407 e. The fourth-order valence-corrected chi connectivity index (χ4v) is 4.98. The number of amides is 3. The van der Waals surface area contributed by atoms with E-state index in [1.807, 2.05) is 31.5 Å². The fourth-order valence-electron chi connectivity index (χ4n) is 4.98. The number of hydrogen-bond acceptors (Lipinski definition) is 7. The second kappa shape index (κ2) is 18.3. The number of nitrogens with one attached hydrogen (secondary N) is 5. The number of aromatic amines is 2. The van der Waals surface area contributed by atoms with Crippen molar-refractivity contribution in [1.82, 2.24) is 25.9 Å². The van der Waals surface area contributed by atoms with Crippen molar-refractivity contribution in [3.05, 3.63) is 96.4 Å². The Morgan fingerprint density at radius 1 is 0.796 bits per heavy atom. The van der Waals surface area contributed by atoms with Gasteiger partial charge in [0, 0.05) is 53.3 Å². The number of fused-ring (bicyclic) bond motifs is 2. The molecule has 0 aliphatic carbocycles. The normalized spacial score (nSPS) is 12.2. The average Bonchev–Trinajstić information content (AvgIpc) is 3.62. The number of carbonyl (C=O) groups is 3. The van der Waals surface area contributed by atoms with Crippen molar-refractivity contribution in [2.45, 2.75) is 65.1 Å². The molecule has 2 aromatic carbocycles. The van der Waals surface area contributed by atoms with Crippen molar-refractivity contribution in [3.63, 3.8) is 0 Å². The van der Waals surface area contributed by atoms with Gasteiger partial charge in [0.2, 0.25) is 0 Å². The van der Waals surface area contributed by atoms with Gasteiger partial charge in [0.1, 0.15) is 18.8 Å². The quantitative estimate of drug-likeness (QED) is 0.0736. The standard InChI is InChI=1S/C21H29N3O4.C16H21N3O2/c1-6-9-27-19(25)23-13-16(24-20(26)28-21(3,4)5)11-15-12-22-18-8-7-14(2)10-17(15)18;1-3-6-21-16(20)19-10-13(17)8-12-9-18-15-5-4-11(2)7-14(12)15/h6-8,10,12,16,22H,1,9,11,13H2,2-5H3,(H,23,25)(H,24,26);3-5,7,9,13,18H,1,6,8,10,17H2,2H3,(H,19,20)/t16-;13-/m11/s1. The first kappa shape index (κ1) is 38.2. The van der Waals surface area contributed by atoms with Gasteiger partial charge >= 0.3 is 18.3 Å². The number of aromatic nitrogens is 2. The molecule has 0 saturated carbocycles. The number of aryl methyl sites for hydroxylation is 2. The molecule has 7 N–H and O–H groups in total. The van der Waals surface area contributed by atoms with Crippen molar-refractivity contribution in [3.8, 4) is 0 Å². The number of carbonyl (C=O) groups excluding carboxylic acids is 3. The Bertz CT molecular complexity index is 1720. The van der Waals surface area contributed by atoms with Crippen LogP contribution in [0.5, 0.6) is 0 Å². The third-order valence-corrected chi connectivity index (χ3v) is 7.18. The predicted molar refractivity (Wildman–Crippen MR) is 194 cm³/mol. The summed E-state index contributed by atoms with van der Waals surface area (Å²) in [5.41, 5.74) is 12.1. The SMILES string of the molecule is C=CCOC(=O)NC[C@@H](Cc1c[nH]c2ccc(C)cc12)NC(=O)OC(C)(C)C.C=CCOC(=O)NC[C@H](N)Cc1c[nH]c2ccc(C)cc12. The van der Waals surface area contributed by atoms with Crippen LogP contribution in [0.2, 0.25) is 0 Å². The van der Waals surface area contributed by atoms with Gasteiger partial charge in [-0.3, -0.25) is 0 Å². The molecule has 0 unspecified atom stereocenters. The lowest BCUT2D eigenvalue weighted by atomic mass is 10.0. The number of ether oxygens (including phenoxy) is 3. The summed E-state index contributed by atoms with van der Waals surface area (Å²) in [6.07, 6.45) is 6.54. The molecule has 49 heavy (non-hydrogen) atoms. The Balaban J connectivity index is 0.000000276. The lowest BCUT2D eigenvalue weighted by molar-refractivity contribution is 0.0502. The van der Waals surface area contributed by atoms with Crippen LogP contribution in [0.3, 0.4) is 0 Å². The second-order valence-electron chi connectivity index (χ2n) is 12.8. The molecule has 0 saturated heterocycles. The van der Waals surface area contributed by atoms with Gasteiger partial charge in [-0.1, -0.05) is 48.6 Å². The van der Waals surface area contributed by atoms with Gasteiger partial charge in [0.15, 0.2) is 0 Å².